The molecule has 0 atom stereocenters. The number of benzene rings is 3. The highest BCUT2D eigenvalue weighted by atomic mass is 19.1. The van der Waals surface area contributed by atoms with Crippen LogP contribution < -0.4 is 4.90 Å². The lowest BCUT2D eigenvalue weighted by Crippen LogP contribution is -2.10. The van der Waals surface area contributed by atoms with Crippen LogP contribution in [0, 0.1) is 25.5 Å². The van der Waals surface area contributed by atoms with Crippen molar-refractivity contribution in [2.24, 2.45) is 0 Å². The highest BCUT2D eigenvalue weighted by molar-refractivity contribution is 5.76. The van der Waals surface area contributed by atoms with Gasteiger partial charge >= 0.3 is 0 Å². The number of halogens is 2. The molecule has 23 heavy (non-hydrogen) atoms. The Balaban J connectivity index is 2.17. The first kappa shape index (κ1) is 15.2. The first-order valence-electron chi connectivity index (χ1n) is 7.44. The van der Waals surface area contributed by atoms with Crippen molar-refractivity contribution in [3.8, 4) is 0 Å². The van der Waals surface area contributed by atoms with Crippen LogP contribution in [0.1, 0.15) is 11.1 Å². The maximum absolute atomic E-state index is 14.0. The maximum atomic E-state index is 14.0. The summed E-state index contributed by atoms with van der Waals surface area (Å²) in [5.41, 5.74) is 3.53. The highest BCUT2D eigenvalue weighted by Crippen LogP contribution is 2.35. The fraction of sp³-hybridized carbons (Fsp3) is 0.100. The minimum atomic E-state index is -0.262. The number of aryl methyl sites for hydroxylation is 2. The number of para-hydroxylation sites is 1. The molecule has 0 saturated heterocycles. The number of hydrogen-bond donors (Lipinski definition) is 0. The van der Waals surface area contributed by atoms with Crippen molar-refractivity contribution in [1.82, 2.24) is 0 Å². The summed E-state index contributed by atoms with van der Waals surface area (Å²) in [6.07, 6.45) is 0. The molecule has 0 N–H and O–H groups in total. The third-order valence-electron chi connectivity index (χ3n) is 3.83. The quantitative estimate of drug-likeness (QED) is 0.569. The summed E-state index contributed by atoms with van der Waals surface area (Å²) in [5, 5.41) is 0. The zero-order valence-electron chi connectivity index (χ0n) is 13.1. The second kappa shape index (κ2) is 6.21. The Morgan fingerprint density at radius 2 is 1.26 bits per heavy atom. The highest BCUT2D eigenvalue weighted by Gasteiger charge is 2.14. The second-order valence-electron chi connectivity index (χ2n) is 5.54. The van der Waals surface area contributed by atoms with Crippen molar-refractivity contribution in [3.63, 3.8) is 0 Å². The van der Waals surface area contributed by atoms with Crippen LogP contribution in [-0.4, -0.2) is 0 Å². The van der Waals surface area contributed by atoms with Gasteiger partial charge in [0.25, 0.3) is 0 Å². The van der Waals surface area contributed by atoms with Crippen LogP contribution in [0.25, 0.3) is 0 Å². The van der Waals surface area contributed by atoms with Crippen molar-refractivity contribution in [2.45, 2.75) is 13.8 Å². The van der Waals surface area contributed by atoms with Gasteiger partial charge in [-0.2, -0.15) is 0 Å². The summed E-state index contributed by atoms with van der Waals surface area (Å²) in [7, 11) is 0. The van der Waals surface area contributed by atoms with Crippen LogP contribution in [0.2, 0.25) is 0 Å². The molecule has 0 amide bonds. The van der Waals surface area contributed by atoms with Crippen molar-refractivity contribution >= 4 is 17.1 Å². The van der Waals surface area contributed by atoms with E-state index >= 15 is 0 Å². The van der Waals surface area contributed by atoms with Crippen LogP contribution in [0.5, 0.6) is 0 Å². The molecule has 0 aliphatic rings. The van der Waals surface area contributed by atoms with E-state index in [1.165, 1.54) is 12.1 Å². The Hall–Kier alpha value is -2.68. The van der Waals surface area contributed by atoms with Gasteiger partial charge in [-0.15, -0.1) is 0 Å². The lowest BCUT2D eigenvalue weighted by atomic mass is 10.1. The van der Waals surface area contributed by atoms with Gasteiger partial charge in [-0.25, -0.2) is 8.78 Å². The number of anilines is 3. The van der Waals surface area contributed by atoms with Crippen molar-refractivity contribution in [3.05, 3.63) is 89.5 Å². The van der Waals surface area contributed by atoms with Gasteiger partial charge in [0.15, 0.2) is 0 Å². The van der Waals surface area contributed by atoms with E-state index in [1.807, 2.05) is 41.3 Å². The molecule has 0 radical (unpaired) electrons. The standard InChI is InChI=1S/C20H17F2N/c1-14-8-9-18(13-20(14)22)23(16-6-4-3-5-7-16)17-10-11-19(21)15(2)12-17/h3-13H,1-2H3. The molecule has 0 aromatic heterocycles. The zero-order chi connectivity index (χ0) is 16.4. The van der Waals surface area contributed by atoms with Gasteiger partial charge in [0.1, 0.15) is 11.6 Å². The predicted octanol–water partition coefficient (Wildman–Crippen LogP) is 6.05. The average Bonchev–Trinajstić information content (AvgIpc) is 2.55. The molecule has 3 aromatic rings. The molecule has 0 fully saturated rings. The molecule has 1 nitrogen and oxygen atoms in total. The Bertz CT molecular complexity index is 777. The number of nitrogens with zero attached hydrogens (tertiary/aromatic N) is 1. The summed E-state index contributed by atoms with van der Waals surface area (Å²) in [5.74, 6) is -0.515. The van der Waals surface area contributed by atoms with Gasteiger partial charge in [0.2, 0.25) is 0 Å². The molecule has 3 aromatic carbocycles. The molecule has 3 heteroatoms. The van der Waals surface area contributed by atoms with E-state index in [2.05, 4.69) is 0 Å². The topological polar surface area (TPSA) is 3.24 Å². The van der Waals surface area contributed by atoms with Crippen LogP contribution >= 0.6 is 0 Å². The third kappa shape index (κ3) is 3.09. The van der Waals surface area contributed by atoms with Gasteiger partial charge in [-0.3, -0.25) is 0 Å². The summed E-state index contributed by atoms with van der Waals surface area (Å²) >= 11 is 0. The van der Waals surface area contributed by atoms with Gasteiger partial charge in [0.05, 0.1) is 0 Å². The van der Waals surface area contributed by atoms with Crippen LogP contribution in [-0.2, 0) is 0 Å². The molecule has 116 valence electrons. The van der Waals surface area contributed by atoms with Crippen molar-refractivity contribution < 1.29 is 8.78 Å². The molecule has 0 aliphatic carbocycles. The molecule has 0 aliphatic heterocycles. The SMILES string of the molecule is Cc1cc(N(c2ccccc2)c2ccc(C)c(F)c2)ccc1F. The second-order valence-corrected chi connectivity index (χ2v) is 5.54. The first-order chi connectivity index (χ1) is 11.1. The summed E-state index contributed by atoms with van der Waals surface area (Å²) in [6.45, 7) is 3.45. The van der Waals surface area contributed by atoms with E-state index in [0.717, 1.165) is 11.4 Å². The molecule has 3 rings (SSSR count). The molecular weight excluding hydrogens is 292 g/mol. The minimum Gasteiger partial charge on any atom is -0.310 e. The van der Waals surface area contributed by atoms with E-state index in [-0.39, 0.29) is 11.6 Å². The van der Waals surface area contributed by atoms with Gasteiger partial charge < -0.3 is 4.90 Å². The van der Waals surface area contributed by atoms with Crippen LogP contribution in [0.3, 0.4) is 0 Å². The van der Waals surface area contributed by atoms with E-state index < -0.39 is 0 Å². The monoisotopic (exact) mass is 309 g/mol. The van der Waals surface area contributed by atoms with E-state index in [1.54, 1.807) is 32.0 Å². The van der Waals surface area contributed by atoms with Gasteiger partial charge in [-0.05, 0) is 67.4 Å². The van der Waals surface area contributed by atoms with Crippen molar-refractivity contribution in [1.29, 1.82) is 0 Å². The maximum Gasteiger partial charge on any atom is 0.128 e. The average molecular weight is 309 g/mol. The van der Waals surface area contributed by atoms with Crippen LogP contribution in [0.15, 0.2) is 66.7 Å². The Morgan fingerprint density at radius 1 is 0.609 bits per heavy atom. The fourth-order valence-corrected chi connectivity index (χ4v) is 2.51. The molecule has 0 unspecified atom stereocenters. The first-order valence-corrected chi connectivity index (χ1v) is 7.44. The van der Waals surface area contributed by atoms with E-state index in [0.29, 0.717) is 16.8 Å². The Labute approximate surface area is 134 Å². The number of hydrogen-bond acceptors (Lipinski definition) is 1. The van der Waals surface area contributed by atoms with Crippen LogP contribution in [0.4, 0.5) is 25.8 Å². The minimum absolute atomic E-state index is 0.253. The molecule has 0 saturated carbocycles. The third-order valence-corrected chi connectivity index (χ3v) is 3.83. The Kier molecular flexibility index (Phi) is 4.11. The lowest BCUT2D eigenvalue weighted by Gasteiger charge is -2.26. The molecular formula is C20H17F2N. The summed E-state index contributed by atoms with van der Waals surface area (Å²) in [6, 6.07) is 19.7. The number of rotatable bonds is 3. The molecule has 0 spiro atoms. The fourth-order valence-electron chi connectivity index (χ4n) is 2.51. The van der Waals surface area contributed by atoms with E-state index in [4.69, 9.17) is 0 Å². The predicted molar refractivity (Wildman–Crippen MR) is 90.5 cm³/mol. The largest absolute Gasteiger partial charge is 0.310 e. The van der Waals surface area contributed by atoms with E-state index in [9.17, 15) is 8.78 Å². The molecule has 0 heterocycles. The van der Waals surface area contributed by atoms with Gasteiger partial charge in [0, 0.05) is 17.1 Å². The smallest absolute Gasteiger partial charge is 0.128 e. The molecule has 0 bridgehead atoms. The van der Waals surface area contributed by atoms with Crippen molar-refractivity contribution in [2.75, 3.05) is 4.90 Å². The zero-order valence-corrected chi connectivity index (χ0v) is 13.1. The normalized spacial score (nSPS) is 10.6. The Morgan fingerprint density at radius 3 is 1.91 bits per heavy atom. The summed E-state index contributed by atoms with van der Waals surface area (Å²) < 4.78 is 27.6. The lowest BCUT2D eigenvalue weighted by molar-refractivity contribution is 0.617. The van der Waals surface area contributed by atoms with Gasteiger partial charge in [-0.1, -0.05) is 24.3 Å². The summed E-state index contributed by atoms with van der Waals surface area (Å²) in [4.78, 5) is 1.91.